The van der Waals surface area contributed by atoms with Gasteiger partial charge in [-0.2, -0.15) is 10.2 Å². The van der Waals surface area contributed by atoms with Crippen LogP contribution < -0.4 is 9.80 Å². The van der Waals surface area contributed by atoms with Gasteiger partial charge in [-0.15, -0.1) is 10.2 Å². The zero-order valence-corrected chi connectivity index (χ0v) is 60.6. The van der Waals surface area contributed by atoms with E-state index in [1.807, 2.05) is 0 Å². The van der Waals surface area contributed by atoms with Gasteiger partial charge in [0.2, 0.25) is 11.8 Å². The summed E-state index contributed by atoms with van der Waals surface area (Å²) < 4.78 is 6.77. The largest absolute Gasteiger partial charge is 0.416 e. The maximum atomic E-state index is 6.77. The predicted octanol–water partition coefficient (Wildman–Crippen LogP) is 23.7. The van der Waals surface area contributed by atoms with Gasteiger partial charge in [-0.3, -0.25) is 0 Å². The van der Waals surface area contributed by atoms with E-state index in [1.54, 1.807) is 0 Å². The van der Waals surface area contributed by atoms with Gasteiger partial charge in [0, 0.05) is 45.4 Å². The van der Waals surface area contributed by atoms with Crippen molar-refractivity contribution in [2.24, 2.45) is 22.0 Å². The Labute approximate surface area is 580 Å². The van der Waals surface area contributed by atoms with Gasteiger partial charge in [0.05, 0.1) is 17.5 Å². The first-order valence-corrected chi connectivity index (χ1v) is 35.9. The van der Waals surface area contributed by atoms with E-state index in [4.69, 9.17) is 24.8 Å². The molecule has 0 saturated carbocycles. The number of unbranched alkanes of at least 4 members (excludes halogenated alkanes) is 1. The Morgan fingerprint density at radius 3 is 1.82 bits per heavy atom. The lowest BCUT2D eigenvalue weighted by molar-refractivity contribution is 0.337. The number of allylic oxidation sites excluding steroid dienone is 8. The highest BCUT2D eigenvalue weighted by Gasteiger charge is 2.57. The minimum atomic E-state index is -0.593. The molecule has 7 heteroatoms. The molecule has 6 atom stereocenters. The van der Waals surface area contributed by atoms with Crippen LogP contribution in [0.2, 0.25) is 0 Å². The molecule has 1 aromatic heterocycles. The lowest BCUT2D eigenvalue weighted by atomic mass is 9.65. The summed E-state index contributed by atoms with van der Waals surface area (Å²) in [5.41, 5.74) is 23.9. The van der Waals surface area contributed by atoms with Gasteiger partial charge in [-0.1, -0.05) is 229 Å². The number of benzene rings is 7. The third kappa shape index (κ3) is 13.5. The van der Waals surface area contributed by atoms with Crippen LogP contribution >= 0.6 is 0 Å². The summed E-state index contributed by atoms with van der Waals surface area (Å²) in [7, 11) is 0. The Hall–Kier alpha value is -8.94. The third-order valence-corrected chi connectivity index (χ3v) is 21.7. The van der Waals surface area contributed by atoms with Crippen LogP contribution in [0.5, 0.6) is 0 Å². The monoisotopic (exact) mass is 1280 g/mol. The highest BCUT2D eigenvalue weighted by molar-refractivity contribution is 6.03. The first-order valence-electron chi connectivity index (χ1n) is 35.9. The van der Waals surface area contributed by atoms with Crippen LogP contribution in [-0.2, 0) is 21.7 Å². The molecule has 0 saturated heterocycles. The van der Waals surface area contributed by atoms with Crippen LogP contribution in [0.1, 0.15) is 212 Å². The van der Waals surface area contributed by atoms with Gasteiger partial charge in [-0.25, -0.2) is 0 Å². The van der Waals surface area contributed by atoms with Crippen molar-refractivity contribution in [3.63, 3.8) is 0 Å². The van der Waals surface area contributed by atoms with Gasteiger partial charge in [0.15, 0.2) is 0 Å². The molecule has 0 fully saturated rings. The summed E-state index contributed by atoms with van der Waals surface area (Å²) in [6.45, 7) is 36.4. The topological polar surface area (TPSA) is 70.1 Å². The molecular weight excluding hydrogens is 1180 g/mol. The fourth-order valence-corrected chi connectivity index (χ4v) is 15.8. The standard InChI is InChI=1S/C90H102N6O/c1-17-20-28-60(5)95(84-31-25-24-27-59(84)4)75-47-36-65(37-48-75)68-39-52-80-79-51-38-67(63(8)92-91-62(7)64-32-41-70(42-33-64)87(9,10)11)56-81(79)90(82(80)57-68)61(6)77(78-53-40-69(58-83(78)90)86-94-93-85(97-86)66-34-43-71(44-35-66)88(12,13)14)54-55-89(15,16)72-45-49-76(50-46-72)96(73(19-3)26-18-2)74-29-22-21-23-30-74/h18-19,22,24-27,29-53,56-61,77,84H,17,20-21,23,28,54-55H2,1-16H3/b26-18-,73-19+,91-62+,92-63+/t59-,60?,61?,77?,84?,90?/m1/s1. The minimum absolute atomic E-state index is 0.0178. The van der Waals surface area contributed by atoms with Crippen LogP contribution in [0.25, 0.3) is 45.2 Å². The molecule has 5 unspecified atom stereocenters. The third-order valence-electron chi connectivity index (χ3n) is 21.7. The fourth-order valence-electron chi connectivity index (χ4n) is 15.8. The second kappa shape index (κ2) is 27.9. The quantitative estimate of drug-likeness (QED) is 0.0432. The highest BCUT2D eigenvalue weighted by atomic mass is 16.4. The van der Waals surface area contributed by atoms with Crippen molar-refractivity contribution >= 4 is 22.8 Å². The molecular formula is C90H102N6O. The van der Waals surface area contributed by atoms with Crippen LogP contribution in [0, 0.1) is 11.8 Å². The van der Waals surface area contributed by atoms with Crippen molar-refractivity contribution in [2.45, 2.75) is 195 Å². The summed E-state index contributed by atoms with van der Waals surface area (Å²) in [5, 5.41) is 19.5. The number of fused-ring (bicyclic) bond motifs is 7. The van der Waals surface area contributed by atoms with E-state index < -0.39 is 5.41 Å². The number of hydrogen-bond acceptors (Lipinski definition) is 7. The summed E-state index contributed by atoms with van der Waals surface area (Å²) in [6.07, 6.45) is 30.3. The number of rotatable bonds is 20. The smallest absolute Gasteiger partial charge is 0.248 e. The maximum Gasteiger partial charge on any atom is 0.248 e. The Balaban J connectivity index is 0.988. The lowest BCUT2D eigenvalue weighted by Crippen LogP contribution is -2.44. The molecule has 0 amide bonds. The van der Waals surface area contributed by atoms with Crippen LogP contribution in [0.4, 0.5) is 11.4 Å². The van der Waals surface area contributed by atoms with E-state index in [0.717, 1.165) is 77.2 Å². The summed E-state index contributed by atoms with van der Waals surface area (Å²) >= 11 is 0. The van der Waals surface area contributed by atoms with Crippen molar-refractivity contribution in [1.82, 2.24) is 10.2 Å². The molecule has 12 rings (SSSR count). The van der Waals surface area contributed by atoms with Crippen molar-refractivity contribution in [1.29, 1.82) is 0 Å². The fraction of sp³-hybridized carbons (Fsp3) is 0.356. The number of aromatic nitrogens is 2. The molecule has 4 aliphatic rings. The molecule has 97 heavy (non-hydrogen) atoms. The molecule has 0 N–H and O–H groups in total. The number of anilines is 2. The minimum Gasteiger partial charge on any atom is -0.416 e. The molecule has 0 aliphatic heterocycles. The van der Waals surface area contributed by atoms with Crippen molar-refractivity contribution in [3.8, 4) is 45.2 Å². The van der Waals surface area contributed by atoms with E-state index >= 15 is 0 Å². The van der Waals surface area contributed by atoms with Crippen molar-refractivity contribution in [2.75, 3.05) is 9.80 Å². The van der Waals surface area contributed by atoms with Gasteiger partial charge in [-0.05, 0) is 246 Å². The Bertz CT molecular complexity index is 4410. The molecule has 7 aromatic carbocycles. The second-order valence-electron chi connectivity index (χ2n) is 30.7. The van der Waals surface area contributed by atoms with Gasteiger partial charge in [0.1, 0.15) is 0 Å². The average molecular weight is 1280 g/mol. The lowest BCUT2D eigenvalue weighted by Gasteiger charge is -2.40. The van der Waals surface area contributed by atoms with Crippen LogP contribution in [-0.4, -0.2) is 33.7 Å². The Kier molecular flexibility index (Phi) is 19.6. The number of hydrogen-bond donors (Lipinski definition) is 0. The SMILES string of the molecule is C/C=C\C(=C/C)N(C1=CCCC=C1)c1ccc(C(C)(C)CCC2c3ccc(-c4nnc(-c5ccc(C(C)(C)C)cc5)o4)cc3C3(c4cc(/C(C)=N/N=C(\C)c5ccc(C(C)(C)C)cc5)ccc4-c4ccc(-c5ccc(N(C(C)CCCC)C6C=CC=C[C@H]6C)cc5)cc43)C2C)cc1. The first kappa shape index (κ1) is 68.0. The van der Waals surface area contributed by atoms with E-state index in [-0.39, 0.29) is 34.1 Å². The molecule has 498 valence electrons. The van der Waals surface area contributed by atoms with E-state index in [0.29, 0.717) is 23.7 Å². The van der Waals surface area contributed by atoms with Gasteiger partial charge >= 0.3 is 0 Å². The molecule has 8 aromatic rings. The Morgan fingerprint density at radius 2 is 1.20 bits per heavy atom. The Morgan fingerprint density at radius 1 is 0.629 bits per heavy atom. The molecule has 7 nitrogen and oxygen atoms in total. The van der Waals surface area contributed by atoms with Gasteiger partial charge < -0.3 is 14.2 Å². The molecule has 1 spiro atoms. The molecule has 0 bridgehead atoms. The molecule has 4 aliphatic carbocycles. The zero-order chi connectivity index (χ0) is 68.6. The first-order chi connectivity index (χ1) is 46.5. The summed E-state index contributed by atoms with van der Waals surface area (Å²) in [6, 6.07) is 58.4. The normalized spacial score (nSPS) is 19.8. The van der Waals surface area contributed by atoms with Crippen molar-refractivity contribution < 1.29 is 4.42 Å². The second-order valence-corrected chi connectivity index (χ2v) is 30.7. The maximum absolute atomic E-state index is 6.77. The van der Waals surface area contributed by atoms with E-state index in [2.05, 4.69) is 333 Å². The van der Waals surface area contributed by atoms with E-state index in [1.165, 1.54) is 85.4 Å². The van der Waals surface area contributed by atoms with Gasteiger partial charge in [0.25, 0.3) is 0 Å². The zero-order valence-electron chi connectivity index (χ0n) is 60.6. The average Bonchev–Trinajstić information content (AvgIpc) is 1.51. The van der Waals surface area contributed by atoms with Crippen molar-refractivity contribution in [3.05, 3.63) is 274 Å². The van der Waals surface area contributed by atoms with E-state index in [9.17, 15) is 0 Å². The van der Waals surface area contributed by atoms with Crippen LogP contribution in [0.15, 0.2) is 238 Å². The predicted molar refractivity (Wildman–Crippen MR) is 411 cm³/mol. The summed E-state index contributed by atoms with van der Waals surface area (Å²) in [5.74, 6) is 1.72. The number of nitrogens with zero attached hydrogens (tertiary/aromatic N) is 6. The molecule has 1 heterocycles. The highest BCUT2D eigenvalue weighted by Crippen LogP contribution is 2.66. The van der Waals surface area contributed by atoms with Crippen LogP contribution in [0.3, 0.4) is 0 Å². The molecule has 0 radical (unpaired) electrons. The summed E-state index contributed by atoms with van der Waals surface area (Å²) in [4.78, 5) is 5.07.